The second kappa shape index (κ2) is 6.95. The van der Waals surface area contributed by atoms with Gasteiger partial charge in [0.1, 0.15) is 0 Å². The van der Waals surface area contributed by atoms with E-state index in [0.717, 1.165) is 31.5 Å². The summed E-state index contributed by atoms with van der Waals surface area (Å²) < 4.78 is 4.94. The van der Waals surface area contributed by atoms with Gasteiger partial charge in [0.25, 0.3) is 0 Å². The molecular weight excluding hydrogens is 276 g/mol. The Morgan fingerprint density at radius 2 is 1.95 bits per heavy atom. The van der Waals surface area contributed by atoms with Gasteiger partial charge in [0, 0.05) is 18.1 Å². The van der Waals surface area contributed by atoms with E-state index in [4.69, 9.17) is 16.3 Å². The van der Waals surface area contributed by atoms with E-state index in [0.29, 0.717) is 11.6 Å². The summed E-state index contributed by atoms with van der Waals surface area (Å²) in [6.07, 6.45) is 1.72. The van der Waals surface area contributed by atoms with Crippen LogP contribution in [0.5, 0.6) is 0 Å². The van der Waals surface area contributed by atoms with Crippen molar-refractivity contribution in [1.82, 2.24) is 9.80 Å². The summed E-state index contributed by atoms with van der Waals surface area (Å²) in [5, 5.41) is 0.712. The van der Waals surface area contributed by atoms with Crippen molar-refractivity contribution in [3.05, 3.63) is 34.9 Å². The maximum Gasteiger partial charge on any atom is 0.410 e. The predicted molar refractivity (Wildman–Crippen MR) is 80.0 cm³/mol. The fraction of sp³-hybridized carbons (Fsp3) is 0.533. The molecule has 1 aliphatic heterocycles. The monoisotopic (exact) mass is 296 g/mol. The lowest BCUT2D eigenvalue weighted by molar-refractivity contribution is 0.0880. The highest BCUT2D eigenvalue weighted by molar-refractivity contribution is 6.30. The topological polar surface area (TPSA) is 32.8 Å². The van der Waals surface area contributed by atoms with Crippen LogP contribution in [-0.2, 0) is 4.74 Å². The summed E-state index contributed by atoms with van der Waals surface area (Å²) in [5.74, 6) is 0. The summed E-state index contributed by atoms with van der Waals surface area (Å²) in [5.41, 5.74) is 1.12. The van der Waals surface area contributed by atoms with Gasteiger partial charge in [0.05, 0.1) is 13.2 Å². The second-order valence-corrected chi connectivity index (χ2v) is 5.61. The number of likely N-dealkylation sites (N-methyl/N-ethyl adjacent to an activating group) is 1. The van der Waals surface area contributed by atoms with Crippen LogP contribution in [0.1, 0.15) is 24.4 Å². The maximum atomic E-state index is 12.0. The Kier molecular flexibility index (Phi) is 5.26. The standard InChI is InChI=1S/C15H21ClN2O2/c1-17-9-3-4-14(12-5-7-13(16)8-6-12)18(11-10-17)15(19)20-2/h5-8,14H,3-4,9-11H2,1-2H3/t14-/m0/s1. The van der Waals surface area contributed by atoms with E-state index in [1.54, 1.807) is 0 Å². The fourth-order valence-electron chi connectivity index (χ4n) is 2.62. The van der Waals surface area contributed by atoms with Crippen molar-refractivity contribution in [2.45, 2.75) is 18.9 Å². The van der Waals surface area contributed by atoms with Gasteiger partial charge in [-0.25, -0.2) is 4.79 Å². The first-order valence-corrected chi connectivity index (χ1v) is 7.28. The molecule has 1 heterocycles. The molecule has 1 aromatic rings. The van der Waals surface area contributed by atoms with Crippen LogP contribution in [0.4, 0.5) is 4.79 Å². The van der Waals surface area contributed by atoms with Gasteiger partial charge in [-0.3, -0.25) is 4.90 Å². The first-order chi connectivity index (χ1) is 9.61. The predicted octanol–water partition coefficient (Wildman–Crippen LogP) is 3.18. The Hall–Kier alpha value is -1.26. The minimum absolute atomic E-state index is 0.0633. The molecular formula is C15H21ClN2O2. The SMILES string of the molecule is COC(=O)N1CCN(C)CCC[C@H]1c1ccc(Cl)cc1. The largest absolute Gasteiger partial charge is 0.453 e. The van der Waals surface area contributed by atoms with Gasteiger partial charge in [-0.2, -0.15) is 0 Å². The van der Waals surface area contributed by atoms with Gasteiger partial charge < -0.3 is 9.64 Å². The van der Waals surface area contributed by atoms with Crippen LogP contribution < -0.4 is 0 Å². The van der Waals surface area contributed by atoms with Crippen LogP contribution in [0.2, 0.25) is 5.02 Å². The van der Waals surface area contributed by atoms with Gasteiger partial charge in [0.15, 0.2) is 0 Å². The number of halogens is 1. The molecule has 0 spiro atoms. The molecule has 1 aliphatic rings. The molecule has 2 rings (SSSR count). The number of hydrogen-bond donors (Lipinski definition) is 0. The summed E-state index contributed by atoms with van der Waals surface area (Å²) in [4.78, 5) is 16.1. The van der Waals surface area contributed by atoms with Crippen molar-refractivity contribution in [2.75, 3.05) is 33.8 Å². The number of carbonyl (C=O) groups is 1. The Bertz CT molecular complexity index is 450. The van der Waals surface area contributed by atoms with E-state index in [-0.39, 0.29) is 12.1 Å². The van der Waals surface area contributed by atoms with E-state index < -0.39 is 0 Å². The first-order valence-electron chi connectivity index (χ1n) is 6.90. The number of ether oxygens (including phenoxy) is 1. The van der Waals surface area contributed by atoms with Crippen LogP contribution in [0, 0.1) is 0 Å². The highest BCUT2D eigenvalue weighted by Crippen LogP contribution is 2.28. The number of amides is 1. The van der Waals surface area contributed by atoms with E-state index in [1.807, 2.05) is 29.2 Å². The summed E-state index contributed by atoms with van der Waals surface area (Å²) in [6, 6.07) is 7.80. The number of hydrogen-bond acceptors (Lipinski definition) is 3. The zero-order valence-electron chi connectivity index (χ0n) is 12.0. The van der Waals surface area contributed by atoms with Gasteiger partial charge in [-0.1, -0.05) is 23.7 Å². The Morgan fingerprint density at radius 1 is 1.25 bits per heavy atom. The summed E-state index contributed by atoms with van der Waals surface area (Å²) in [7, 11) is 3.52. The Morgan fingerprint density at radius 3 is 2.60 bits per heavy atom. The Labute approximate surface area is 125 Å². The van der Waals surface area contributed by atoms with Crippen LogP contribution in [-0.4, -0.2) is 49.7 Å². The van der Waals surface area contributed by atoms with E-state index in [2.05, 4.69) is 11.9 Å². The average Bonchev–Trinajstić information content (AvgIpc) is 2.43. The third-order valence-corrected chi connectivity index (χ3v) is 4.03. The summed E-state index contributed by atoms with van der Waals surface area (Å²) >= 11 is 5.94. The van der Waals surface area contributed by atoms with Crippen molar-refractivity contribution in [3.63, 3.8) is 0 Å². The highest BCUT2D eigenvalue weighted by Gasteiger charge is 2.27. The van der Waals surface area contributed by atoms with Crippen molar-refractivity contribution < 1.29 is 9.53 Å². The molecule has 0 bridgehead atoms. The third kappa shape index (κ3) is 3.64. The molecule has 1 amide bonds. The smallest absolute Gasteiger partial charge is 0.410 e. The molecule has 110 valence electrons. The van der Waals surface area contributed by atoms with Crippen LogP contribution >= 0.6 is 11.6 Å². The maximum absolute atomic E-state index is 12.0. The van der Waals surface area contributed by atoms with Crippen molar-refractivity contribution in [2.24, 2.45) is 0 Å². The van der Waals surface area contributed by atoms with Crippen molar-refractivity contribution >= 4 is 17.7 Å². The quantitative estimate of drug-likeness (QED) is 0.798. The van der Waals surface area contributed by atoms with Crippen LogP contribution in [0.3, 0.4) is 0 Å². The molecule has 20 heavy (non-hydrogen) atoms. The lowest BCUT2D eigenvalue weighted by Crippen LogP contribution is -2.42. The lowest BCUT2D eigenvalue weighted by Gasteiger charge is -2.35. The minimum Gasteiger partial charge on any atom is -0.453 e. The number of benzene rings is 1. The van der Waals surface area contributed by atoms with E-state index in [9.17, 15) is 4.79 Å². The molecule has 0 N–H and O–H groups in total. The molecule has 0 aliphatic carbocycles. The highest BCUT2D eigenvalue weighted by atomic mass is 35.5. The molecule has 1 saturated heterocycles. The minimum atomic E-state index is -0.264. The summed E-state index contributed by atoms with van der Waals surface area (Å²) in [6.45, 7) is 2.59. The van der Waals surface area contributed by atoms with Crippen molar-refractivity contribution in [1.29, 1.82) is 0 Å². The molecule has 0 aromatic heterocycles. The molecule has 0 radical (unpaired) electrons. The zero-order chi connectivity index (χ0) is 14.5. The molecule has 4 nitrogen and oxygen atoms in total. The Balaban J connectivity index is 2.24. The molecule has 0 saturated carbocycles. The number of carbonyl (C=O) groups excluding carboxylic acids is 1. The van der Waals surface area contributed by atoms with Gasteiger partial charge in [-0.15, -0.1) is 0 Å². The fourth-order valence-corrected chi connectivity index (χ4v) is 2.75. The lowest BCUT2D eigenvalue weighted by atomic mass is 9.99. The van der Waals surface area contributed by atoms with Crippen molar-refractivity contribution in [3.8, 4) is 0 Å². The molecule has 1 fully saturated rings. The normalized spacial score (nSPS) is 21.1. The van der Waals surface area contributed by atoms with Gasteiger partial charge in [-0.05, 0) is 44.1 Å². The van der Waals surface area contributed by atoms with Gasteiger partial charge >= 0.3 is 6.09 Å². The van der Waals surface area contributed by atoms with E-state index in [1.165, 1.54) is 7.11 Å². The third-order valence-electron chi connectivity index (χ3n) is 3.78. The van der Waals surface area contributed by atoms with E-state index >= 15 is 0 Å². The average molecular weight is 297 g/mol. The number of nitrogens with zero attached hydrogens (tertiary/aromatic N) is 2. The molecule has 1 aromatic carbocycles. The second-order valence-electron chi connectivity index (χ2n) is 5.18. The van der Waals surface area contributed by atoms with Crippen LogP contribution in [0.15, 0.2) is 24.3 Å². The molecule has 5 heteroatoms. The van der Waals surface area contributed by atoms with Gasteiger partial charge in [0.2, 0.25) is 0 Å². The molecule has 0 unspecified atom stereocenters. The molecule has 1 atom stereocenters. The van der Waals surface area contributed by atoms with Crippen LogP contribution in [0.25, 0.3) is 0 Å². The zero-order valence-corrected chi connectivity index (χ0v) is 12.8. The first kappa shape index (κ1) is 15.1. The number of methoxy groups -OCH3 is 1. The number of rotatable bonds is 1.